The molecule has 0 unspecified atom stereocenters. The third kappa shape index (κ3) is 3.45. The lowest BCUT2D eigenvalue weighted by atomic mass is 10.1. The monoisotopic (exact) mass is 254 g/mol. The minimum absolute atomic E-state index is 0.222. The molecule has 2 rings (SSSR count). The van der Waals surface area contributed by atoms with Crippen molar-refractivity contribution in [2.75, 3.05) is 0 Å². The van der Waals surface area contributed by atoms with Crippen LogP contribution in [0.25, 0.3) is 6.08 Å². The van der Waals surface area contributed by atoms with Crippen LogP contribution in [0.15, 0.2) is 55.1 Å². The van der Waals surface area contributed by atoms with Gasteiger partial charge in [-0.3, -0.25) is 0 Å². The van der Waals surface area contributed by atoms with Gasteiger partial charge in [0.1, 0.15) is 12.4 Å². The van der Waals surface area contributed by atoms with Gasteiger partial charge in [0.25, 0.3) is 0 Å². The van der Waals surface area contributed by atoms with E-state index in [1.54, 1.807) is 18.2 Å². The van der Waals surface area contributed by atoms with E-state index < -0.39 is 5.97 Å². The first-order valence-electron chi connectivity index (χ1n) is 5.86. The van der Waals surface area contributed by atoms with Gasteiger partial charge in [0.2, 0.25) is 0 Å². The van der Waals surface area contributed by atoms with Crippen molar-refractivity contribution in [3.63, 3.8) is 0 Å². The summed E-state index contributed by atoms with van der Waals surface area (Å²) in [5.74, 6) is -0.409. The summed E-state index contributed by atoms with van der Waals surface area (Å²) in [6, 6.07) is 14.3. The Morgan fingerprint density at radius 3 is 2.58 bits per heavy atom. The van der Waals surface area contributed by atoms with Gasteiger partial charge >= 0.3 is 5.97 Å². The summed E-state index contributed by atoms with van der Waals surface area (Å²) < 4.78 is 5.57. The Morgan fingerprint density at radius 1 is 1.21 bits per heavy atom. The van der Waals surface area contributed by atoms with Gasteiger partial charge in [0.15, 0.2) is 0 Å². The van der Waals surface area contributed by atoms with Gasteiger partial charge in [-0.25, -0.2) is 4.79 Å². The predicted octanol–water partition coefficient (Wildman–Crippen LogP) is 3.61. The highest BCUT2D eigenvalue weighted by Gasteiger charge is 2.03. The molecule has 0 bridgehead atoms. The van der Waals surface area contributed by atoms with Crippen LogP contribution in [0.5, 0.6) is 5.75 Å². The third-order valence-electron chi connectivity index (χ3n) is 2.70. The first-order chi connectivity index (χ1) is 9.19. The standard InChI is InChI=1S/C16H14O3/c1-2-12-6-8-13(9-7-12)11-19-15-5-3-4-14(10-15)16(17)18/h2-10H,1,11H2,(H,17,18). The highest BCUT2D eigenvalue weighted by Crippen LogP contribution is 2.15. The van der Waals surface area contributed by atoms with E-state index >= 15 is 0 Å². The molecule has 0 fully saturated rings. The second kappa shape index (κ2) is 5.87. The van der Waals surface area contributed by atoms with Crippen LogP contribution in [0.4, 0.5) is 0 Å². The summed E-state index contributed by atoms with van der Waals surface area (Å²) in [4.78, 5) is 10.8. The van der Waals surface area contributed by atoms with E-state index in [-0.39, 0.29) is 5.56 Å². The van der Waals surface area contributed by atoms with Crippen LogP contribution in [0.3, 0.4) is 0 Å². The SMILES string of the molecule is C=Cc1ccc(COc2cccc(C(=O)O)c2)cc1. The van der Waals surface area contributed by atoms with Crippen molar-refractivity contribution < 1.29 is 14.6 Å². The molecule has 0 spiro atoms. The number of benzene rings is 2. The lowest BCUT2D eigenvalue weighted by Gasteiger charge is -2.07. The number of ether oxygens (including phenoxy) is 1. The quantitative estimate of drug-likeness (QED) is 0.886. The highest BCUT2D eigenvalue weighted by atomic mass is 16.5. The van der Waals surface area contributed by atoms with Crippen molar-refractivity contribution in [2.24, 2.45) is 0 Å². The van der Waals surface area contributed by atoms with Crippen molar-refractivity contribution in [3.8, 4) is 5.75 Å². The van der Waals surface area contributed by atoms with Crippen LogP contribution in [0.2, 0.25) is 0 Å². The van der Waals surface area contributed by atoms with Crippen LogP contribution in [-0.2, 0) is 6.61 Å². The molecule has 19 heavy (non-hydrogen) atoms. The second-order valence-electron chi connectivity index (χ2n) is 4.07. The van der Waals surface area contributed by atoms with Crippen molar-refractivity contribution in [1.82, 2.24) is 0 Å². The first kappa shape index (κ1) is 12.9. The van der Waals surface area contributed by atoms with Gasteiger partial charge in [-0.1, -0.05) is 43.0 Å². The maximum absolute atomic E-state index is 10.8. The maximum Gasteiger partial charge on any atom is 0.335 e. The Bertz CT molecular complexity index is 585. The predicted molar refractivity (Wildman–Crippen MR) is 74.3 cm³/mol. The summed E-state index contributed by atoms with van der Waals surface area (Å²) >= 11 is 0. The largest absolute Gasteiger partial charge is 0.489 e. The zero-order chi connectivity index (χ0) is 13.7. The molecular formula is C16H14O3. The second-order valence-corrected chi connectivity index (χ2v) is 4.07. The number of carboxylic acid groups (broad SMARTS) is 1. The molecule has 0 amide bonds. The summed E-state index contributed by atoms with van der Waals surface area (Å²) in [6.45, 7) is 4.10. The first-order valence-corrected chi connectivity index (χ1v) is 5.86. The maximum atomic E-state index is 10.8. The van der Waals surface area contributed by atoms with Crippen LogP contribution in [-0.4, -0.2) is 11.1 Å². The molecule has 3 nitrogen and oxygen atoms in total. The number of carboxylic acids is 1. The molecule has 96 valence electrons. The molecule has 0 saturated carbocycles. The number of carbonyl (C=O) groups is 1. The lowest BCUT2D eigenvalue weighted by Crippen LogP contribution is -1.99. The molecule has 0 aromatic heterocycles. The number of aromatic carboxylic acids is 1. The van der Waals surface area contributed by atoms with Crippen molar-refractivity contribution in [3.05, 3.63) is 71.8 Å². The zero-order valence-electron chi connectivity index (χ0n) is 10.4. The summed E-state index contributed by atoms with van der Waals surface area (Å²) in [5, 5.41) is 8.89. The fourth-order valence-electron chi connectivity index (χ4n) is 1.64. The van der Waals surface area contributed by atoms with Crippen molar-refractivity contribution in [2.45, 2.75) is 6.61 Å². The molecule has 0 aliphatic carbocycles. The molecule has 0 aliphatic rings. The fourth-order valence-corrected chi connectivity index (χ4v) is 1.64. The smallest absolute Gasteiger partial charge is 0.335 e. The van der Waals surface area contributed by atoms with Crippen molar-refractivity contribution >= 4 is 12.0 Å². The topological polar surface area (TPSA) is 46.5 Å². The van der Waals surface area contributed by atoms with E-state index in [1.165, 1.54) is 12.1 Å². The average molecular weight is 254 g/mol. The van der Waals surface area contributed by atoms with Gasteiger partial charge in [-0.05, 0) is 29.3 Å². The fraction of sp³-hybridized carbons (Fsp3) is 0.0625. The van der Waals surface area contributed by atoms with Gasteiger partial charge in [0.05, 0.1) is 5.56 Å². The molecule has 1 N–H and O–H groups in total. The summed E-state index contributed by atoms with van der Waals surface area (Å²) in [7, 11) is 0. The normalized spacial score (nSPS) is 9.89. The van der Waals surface area contributed by atoms with Crippen LogP contribution >= 0.6 is 0 Å². The van der Waals surface area contributed by atoms with Crippen LogP contribution in [0.1, 0.15) is 21.5 Å². The Morgan fingerprint density at radius 2 is 1.95 bits per heavy atom. The average Bonchev–Trinajstić information content (AvgIpc) is 2.46. The summed E-state index contributed by atoms with van der Waals surface area (Å²) in [6.07, 6.45) is 1.78. The van der Waals surface area contributed by atoms with E-state index in [1.807, 2.05) is 24.3 Å². The van der Waals surface area contributed by atoms with E-state index in [2.05, 4.69) is 6.58 Å². The number of hydrogen-bond acceptors (Lipinski definition) is 2. The number of rotatable bonds is 5. The Balaban J connectivity index is 2.03. The van der Waals surface area contributed by atoms with Crippen molar-refractivity contribution in [1.29, 1.82) is 0 Å². The van der Waals surface area contributed by atoms with Gasteiger partial charge in [-0.2, -0.15) is 0 Å². The highest BCUT2D eigenvalue weighted by molar-refractivity contribution is 5.87. The third-order valence-corrected chi connectivity index (χ3v) is 2.70. The van der Waals surface area contributed by atoms with E-state index in [0.717, 1.165) is 11.1 Å². The molecule has 0 radical (unpaired) electrons. The van der Waals surface area contributed by atoms with E-state index in [0.29, 0.717) is 12.4 Å². The molecule has 0 saturated heterocycles. The van der Waals surface area contributed by atoms with E-state index in [4.69, 9.17) is 9.84 Å². The molecular weight excluding hydrogens is 240 g/mol. The van der Waals surface area contributed by atoms with Gasteiger partial charge in [0, 0.05) is 0 Å². The van der Waals surface area contributed by atoms with Crippen LogP contribution < -0.4 is 4.74 Å². The van der Waals surface area contributed by atoms with Crippen LogP contribution in [0, 0.1) is 0 Å². The molecule has 0 heterocycles. The molecule has 0 atom stereocenters. The molecule has 0 aliphatic heterocycles. The Labute approximate surface area is 111 Å². The van der Waals surface area contributed by atoms with E-state index in [9.17, 15) is 4.79 Å². The molecule has 2 aromatic rings. The minimum atomic E-state index is -0.958. The van der Waals surface area contributed by atoms with Gasteiger partial charge in [-0.15, -0.1) is 0 Å². The summed E-state index contributed by atoms with van der Waals surface area (Å²) in [5.41, 5.74) is 2.29. The number of hydrogen-bond donors (Lipinski definition) is 1. The lowest BCUT2D eigenvalue weighted by molar-refractivity contribution is 0.0696. The molecule has 2 aromatic carbocycles. The minimum Gasteiger partial charge on any atom is -0.489 e. The zero-order valence-corrected chi connectivity index (χ0v) is 10.4. The van der Waals surface area contributed by atoms with Gasteiger partial charge < -0.3 is 9.84 Å². The Kier molecular flexibility index (Phi) is 3.98. The Hall–Kier alpha value is -2.55. The molecule has 3 heteroatoms.